The van der Waals surface area contributed by atoms with Gasteiger partial charge < -0.3 is 15.0 Å². The van der Waals surface area contributed by atoms with Gasteiger partial charge in [0.25, 0.3) is 0 Å². The van der Waals surface area contributed by atoms with Crippen molar-refractivity contribution < 1.29 is 9.53 Å². The van der Waals surface area contributed by atoms with Gasteiger partial charge in [0.05, 0.1) is 13.2 Å². The Hall–Kier alpha value is -1.55. The average molecular weight is 276 g/mol. The van der Waals surface area contributed by atoms with Crippen LogP contribution in [0.4, 0.5) is 0 Å². The Morgan fingerprint density at radius 2 is 2.25 bits per heavy atom. The van der Waals surface area contributed by atoms with E-state index in [1.807, 2.05) is 26.1 Å². The van der Waals surface area contributed by atoms with Crippen LogP contribution in [0.5, 0.6) is 5.75 Å². The predicted octanol–water partition coefficient (Wildman–Crippen LogP) is 2.10. The Morgan fingerprint density at radius 3 is 2.90 bits per heavy atom. The molecule has 1 heterocycles. The Labute approximate surface area is 121 Å². The lowest BCUT2D eigenvalue weighted by Crippen LogP contribution is -2.47. The van der Waals surface area contributed by atoms with Crippen LogP contribution in [0.25, 0.3) is 0 Å². The lowest BCUT2D eigenvalue weighted by Gasteiger charge is -2.28. The number of methoxy groups -OCH3 is 1. The maximum Gasteiger partial charge on any atom is 0.239 e. The summed E-state index contributed by atoms with van der Waals surface area (Å²) in [6.07, 6.45) is 3.23. The minimum absolute atomic E-state index is 0.0236. The number of benzene rings is 1. The molecule has 20 heavy (non-hydrogen) atoms. The molecule has 0 aromatic heterocycles. The highest BCUT2D eigenvalue weighted by Crippen LogP contribution is 2.21. The minimum atomic E-state index is -0.0236. The van der Waals surface area contributed by atoms with Gasteiger partial charge in [-0.05, 0) is 32.4 Å². The third-order valence-electron chi connectivity index (χ3n) is 3.83. The summed E-state index contributed by atoms with van der Waals surface area (Å²) in [6.45, 7) is 3.58. The van der Waals surface area contributed by atoms with Crippen LogP contribution in [0.15, 0.2) is 18.2 Å². The summed E-state index contributed by atoms with van der Waals surface area (Å²) in [5.41, 5.74) is 2.23. The van der Waals surface area contributed by atoms with Crippen LogP contribution < -0.4 is 10.1 Å². The van der Waals surface area contributed by atoms with Gasteiger partial charge in [-0.3, -0.25) is 4.79 Å². The first kappa shape index (κ1) is 14.9. The molecule has 1 aromatic carbocycles. The van der Waals surface area contributed by atoms with Gasteiger partial charge >= 0.3 is 0 Å². The molecule has 1 aliphatic heterocycles. The monoisotopic (exact) mass is 276 g/mol. The molecule has 0 spiro atoms. The van der Waals surface area contributed by atoms with E-state index in [4.69, 9.17) is 4.74 Å². The summed E-state index contributed by atoms with van der Waals surface area (Å²) in [5, 5.41) is 3.30. The lowest BCUT2D eigenvalue weighted by molar-refractivity contribution is -0.133. The van der Waals surface area contributed by atoms with E-state index in [-0.39, 0.29) is 11.9 Å². The topological polar surface area (TPSA) is 41.6 Å². The average Bonchev–Trinajstić information content (AvgIpc) is 2.47. The molecule has 110 valence electrons. The standard InChI is InChI=1S/C16H24N2O2/c1-12-7-8-15(20-3)13(10-12)11-18(2)16(19)14-6-4-5-9-17-14/h7-8,10,14,17H,4-6,9,11H2,1-3H3/t14-/m0/s1. The molecule has 1 saturated heterocycles. The highest BCUT2D eigenvalue weighted by Gasteiger charge is 2.24. The van der Waals surface area contributed by atoms with Crippen molar-refractivity contribution in [2.24, 2.45) is 0 Å². The van der Waals surface area contributed by atoms with Gasteiger partial charge in [0, 0.05) is 19.2 Å². The fourth-order valence-corrected chi connectivity index (χ4v) is 2.69. The van der Waals surface area contributed by atoms with Crippen LogP contribution in [0, 0.1) is 6.92 Å². The van der Waals surface area contributed by atoms with Gasteiger partial charge in [-0.15, -0.1) is 0 Å². The number of aryl methyl sites for hydroxylation is 1. The number of nitrogens with one attached hydrogen (secondary N) is 1. The molecule has 2 rings (SSSR count). The molecule has 1 N–H and O–H groups in total. The fraction of sp³-hybridized carbons (Fsp3) is 0.562. The van der Waals surface area contributed by atoms with Crippen molar-refractivity contribution in [3.63, 3.8) is 0 Å². The van der Waals surface area contributed by atoms with Crippen molar-refractivity contribution in [1.29, 1.82) is 0 Å². The minimum Gasteiger partial charge on any atom is -0.496 e. The molecule has 1 amide bonds. The lowest BCUT2D eigenvalue weighted by atomic mass is 10.0. The highest BCUT2D eigenvalue weighted by atomic mass is 16.5. The molecule has 0 radical (unpaired) electrons. The second-order valence-corrected chi connectivity index (χ2v) is 5.51. The maximum atomic E-state index is 12.4. The zero-order chi connectivity index (χ0) is 14.5. The first-order valence-corrected chi connectivity index (χ1v) is 7.23. The Kier molecular flexibility index (Phi) is 5.01. The Balaban J connectivity index is 2.04. The molecule has 1 fully saturated rings. The summed E-state index contributed by atoms with van der Waals surface area (Å²) in [5.74, 6) is 1.01. The van der Waals surface area contributed by atoms with E-state index in [9.17, 15) is 4.79 Å². The fourth-order valence-electron chi connectivity index (χ4n) is 2.69. The molecule has 0 saturated carbocycles. The number of hydrogen-bond acceptors (Lipinski definition) is 3. The SMILES string of the molecule is COc1ccc(C)cc1CN(C)C(=O)[C@@H]1CCCCN1. The van der Waals surface area contributed by atoms with E-state index < -0.39 is 0 Å². The molecular weight excluding hydrogens is 252 g/mol. The number of hydrogen-bond donors (Lipinski definition) is 1. The second-order valence-electron chi connectivity index (χ2n) is 5.51. The molecule has 1 atom stereocenters. The molecule has 0 bridgehead atoms. The number of rotatable bonds is 4. The molecule has 4 heteroatoms. The first-order valence-electron chi connectivity index (χ1n) is 7.23. The van der Waals surface area contributed by atoms with Gasteiger partial charge in [0.1, 0.15) is 5.75 Å². The first-order chi connectivity index (χ1) is 9.61. The van der Waals surface area contributed by atoms with E-state index in [1.165, 1.54) is 12.0 Å². The number of ether oxygens (including phenoxy) is 1. The summed E-state index contributed by atoms with van der Waals surface area (Å²) >= 11 is 0. The Morgan fingerprint density at radius 1 is 1.45 bits per heavy atom. The number of piperidine rings is 1. The van der Waals surface area contributed by atoms with Gasteiger partial charge in [-0.1, -0.05) is 24.1 Å². The number of carbonyl (C=O) groups excluding carboxylic acids is 1. The summed E-state index contributed by atoms with van der Waals surface area (Å²) in [6, 6.07) is 6.04. The normalized spacial score (nSPS) is 18.6. The third-order valence-corrected chi connectivity index (χ3v) is 3.83. The van der Waals surface area contributed by atoms with Crippen molar-refractivity contribution in [3.05, 3.63) is 29.3 Å². The summed E-state index contributed by atoms with van der Waals surface area (Å²) < 4.78 is 5.37. The molecular formula is C16H24N2O2. The summed E-state index contributed by atoms with van der Waals surface area (Å²) in [7, 11) is 3.53. The van der Waals surface area contributed by atoms with Crippen molar-refractivity contribution in [2.45, 2.75) is 38.8 Å². The van der Waals surface area contributed by atoms with Crippen molar-refractivity contribution in [1.82, 2.24) is 10.2 Å². The number of amides is 1. The number of likely N-dealkylation sites (N-methyl/N-ethyl adjacent to an activating group) is 1. The van der Waals surface area contributed by atoms with Crippen LogP contribution in [-0.4, -0.2) is 37.6 Å². The molecule has 1 aliphatic rings. The van der Waals surface area contributed by atoms with Crippen LogP contribution in [-0.2, 0) is 11.3 Å². The van der Waals surface area contributed by atoms with Crippen LogP contribution in [0.2, 0.25) is 0 Å². The summed E-state index contributed by atoms with van der Waals surface area (Å²) in [4.78, 5) is 14.2. The molecule has 0 aliphatic carbocycles. The largest absolute Gasteiger partial charge is 0.496 e. The molecule has 4 nitrogen and oxygen atoms in total. The van der Waals surface area contributed by atoms with Crippen LogP contribution in [0.1, 0.15) is 30.4 Å². The van der Waals surface area contributed by atoms with Gasteiger partial charge in [0.15, 0.2) is 0 Å². The quantitative estimate of drug-likeness (QED) is 0.915. The Bertz CT molecular complexity index is 468. The smallest absolute Gasteiger partial charge is 0.239 e. The van der Waals surface area contributed by atoms with E-state index >= 15 is 0 Å². The van der Waals surface area contributed by atoms with Gasteiger partial charge in [0.2, 0.25) is 5.91 Å². The maximum absolute atomic E-state index is 12.4. The van der Waals surface area contributed by atoms with E-state index in [0.717, 1.165) is 30.7 Å². The zero-order valence-electron chi connectivity index (χ0n) is 12.6. The van der Waals surface area contributed by atoms with E-state index in [0.29, 0.717) is 6.54 Å². The predicted molar refractivity (Wildman–Crippen MR) is 79.8 cm³/mol. The third kappa shape index (κ3) is 3.51. The van der Waals surface area contributed by atoms with Gasteiger partial charge in [-0.25, -0.2) is 0 Å². The number of nitrogens with zero attached hydrogens (tertiary/aromatic N) is 1. The molecule has 0 unspecified atom stereocenters. The second kappa shape index (κ2) is 6.75. The molecule has 1 aromatic rings. The van der Waals surface area contributed by atoms with Crippen molar-refractivity contribution in [3.8, 4) is 5.75 Å². The van der Waals surface area contributed by atoms with Crippen molar-refractivity contribution in [2.75, 3.05) is 20.7 Å². The van der Waals surface area contributed by atoms with Crippen molar-refractivity contribution >= 4 is 5.91 Å². The van der Waals surface area contributed by atoms with Crippen LogP contribution >= 0.6 is 0 Å². The van der Waals surface area contributed by atoms with Crippen LogP contribution in [0.3, 0.4) is 0 Å². The van der Waals surface area contributed by atoms with E-state index in [1.54, 1.807) is 12.0 Å². The highest BCUT2D eigenvalue weighted by molar-refractivity contribution is 5.81. The van der Waals surface area contributed by atoms with Gasteiger partial charge in [-0.2, -0.15) is 0 Å². The number of carbonyl (C=O) groups is 1. The zero-order valence-corrected chi connectivity index (χ0v) is 12.6. The van der Waals surface area contributed by atoms with E-state index in [2.05, 4.69) is 11.4 Å².